The summed E-state index contributed by atoms with van der Waals surface area (Å²) in [6.45, 7) is 4.81. The number of hydrogen-bond acceptors (Lipinski definition) is 5. The lowest BCUT2D eigenvalue weighted by Crippen LogP contribution is -2.16. The van der Waals surface area contributed by atoms with Crippen molar-refractivity contribution in [1.29, 1.82) is 0 Å². The van der Waals surface area contributed by atoms with E-state index < -0.39 is 0 Å². The van der Waals surface area contributed by atoms with Crippen LogP contribution in [0.5, 0.6) is 11.5 Å². The molecule has 4 aromatic rings. The molecule has 30 heavy (non-hydrogen) atoms. The van der Waals surface area contributed by atoms with Gasteiger partial charge < -0.3 is 18.5 Å². The minimum atomic E-state index is 0.628. The molecule has 0 saturated carbocycles. The van der Waals surface area contributed by atoms with Crippen LogP contribution in [0.3, 0.4) is 0 Å². The summed E-state index contributed by atoms with van der Waals surface area (Å²) in [5, 5.41) is 2.08. The van der Waals surface area contributed by atoms with Crippen LogP contribution in [0.2, 0.25) is 0 Å². The maximum Gasteiger partial charge on any atom is 0.190 e. The number of ether oxygens (including phenoxy) is 2. The third kappa shape index (κ3) is 4.19. The first kappa shape index (κ1) is 20.0. The molecule has 0 aliphatic rings. The van der Waals surface area contributed by atoms with Crippen molar-refractivity contribution in [3.63, 3.8) is 0 Å². The van der Waals surface area contributed by atoms with Gasteiger partial charge in [0.15, 0.2) is 22.1 Å². The Labute approximate surface area is 179 Å². The zero-order chi connectivity index (χ0) is 21.1. The normalized spacial score (nSPS) is 11.7. The van der Waals surface area contributed by atoms with Gasteiger partial charge in [0.25, 0.3) is 0 Å². The minimum absolute atomic E-state index is 0.628. The van der Waals surface area contributed by atoms with E-state index in [9.17, 15) is 0 Å². The molecule has 0 atom stereocenters. The third-order valence-corrected chi connectivity index (χ3v) is 5.65. The SMILES string of the molecule is COc1ccc(Cn2c(-c3ccco3)csc2=Nc2cc(C)cc(C)c2)cc1OC. The van der Waals surface area contributed by atoms with Crippen molar-refractivity contribution in [2.45, 2.75) is 20.4 Å². The first-order valence-electron chi connectivity index (χ1n) is 9.63. The van der Waals surface area contributed by atoms with E-state index in [0.29, 0.717) is 18.0 Å². The third-order valence-electron chi connectivity index (χ3n) is 4.79. The van der Waals surface area contributed by atoms with Gasteiger partial charge in [0, 0.05) is 5.38 Å². The van der Waals surface area contributed by atoms with E-state index in [-0.39, 0.29) is 0 Å². The van der Waals surface area contributed by atoms with Gasteiger partial charge in [-0.2, -0.15) is 0 Å². The maximum absolute atomic E-state index is 5.68. The lowest BCUT2D eigenvalue weighted by molar-refractivity contribution is 0.354. The molecule has 0 bridgehead atoms. The molecule has 5 nitrogen and oxygen atoms in total. The largest absolute Gasteiger partial charge is 0.493 e. The van der Waals surface area contributed by atoms with Crippen molar-refractivity contribution in [3.8, 4) is 23.0 Å². The number of methoxy groups -OCH3 is 2. The highest BCUT2D eigenvalue weighted by atomic mass is 32.1. The van der Waals surface area contributed by atoms with Crippen LogP contribution in [0, 0.1) is 13.8 Å². The van der Waals surface area contributed by atoms with Gasteiger partial charge in [-0.1, -0.05) is 12.1 Å². The molecule has 2 aromatic heterocycles. The van der Waals surface area contributed by atoms with Gasteiger partial charge in [0.2, 0.25) is 0 Å². The van der Waals surface area contributed by atoms with Crippen LogP contribution in [0.25, 0.3) is 11.5 Å². The zero-order valence-corrected chi connectivity index (χ0v) is 18.3. The fourth-order valence-electron chi connectivity index (χ4n) is 3.48. The van der Waals surface area contributed by atoms with E-state index in [2.05, 4.69) is 42.0 Å². The van der Waals surface area contributed by atoms with Gasteiger partial charge in [-0.15, -0.1) is 11.3 Å². The number of aryl methyl sites for hydroxylation is 2. The highest BCUT2D eigenvalue weighted by Gasteiger charge is 2.13. The molecule has 6 heteroatoms. The molecule has 0 unspecified atom stereocenters. The summed E-state index contributed by atoms with van der Waals surface area (Å²) in [6, 6.07) is 16.2. The fraction of sp³-hybridized carbons (Fsp3) is 0.208. The number of furan rings is 1. The average Bonchev–Trinajstić information content (AvgIpc) is 3.38. The monoisotopic (exact) mass is 420 g/mol. The van der Waals surface area contributed by atoms with Crippen molar-refractivity contribution >= 4 is 17.0 Å². The van der Waals surface area contributed by atoms with E-state index >= 15 is 0 Å². The minimum Gasteiger partial charge on any atom is -0.493 e. The lowest BCUT2D eigenvalue weighted by Gasteiger charge is -2.12. The van der Waals surface area contributed by atoms with Crippen molar-refractivity contribution in [3.05, 3.63) is 81.7 Å². The smallest absolute Gasteiger partial charge is 0.190 e. The standard InChI is InChI=1S/C24H24N2O3S/c1-16-10-17(2)12-19(11-16)25-24-26(20(15-30-24)21-6-5-9-29-21)14-18-7-8-22(27-3)23(13-18)28-4/h5-13,15H,14H2,1-4H3. The predicted molar refractivity (Wildman–Crippen MR) is 120 cm³/mol. The lowest BCUT2D eigenvalue weighted by atomic mass is 10.1. The number of rotatable bonds is 6. The first-order valence-corrected chi connectivity index (χ1v) is 10.5. The van der Waals surface area contributed by atoms with Gasteiger partial charge in [-0.05, 0) is 66.9 Å². The molecule has 2 aromatic carbocycles. The van der Waals surface area contributed by atoms with E-state index in [4.69, 9.17) is 18.9 Å². The van der Waals surface area contributed by atoms with Crippen molar-refractivity contribution in [1.82, 2.24) is 4.57 Å². The molecule has 0 fully saturated rings. The quantitative estimate of drug-likeness (QED) is 0.401. The summed E-state index contributed by atoms with van der Waals surface area (Å²) in [5.41, 5.74) is 5.41. The molecule has 0 N–H and O–H groups in total. The molecule has 0 amide bonds. The topological polar surface area (TPSA) is 48.9 Å². The maximum atomic E-state index is 5.68. The average molecular weight is 421 g/mol. The molecule has 0 spiro atoms. The van der Waals surface area contributed by atoms with E-state index in [0.717, 1.165) is 27.5 Å². The van der Waals surface area contributed by atoms with Crippen LogP contribution >= 0.6 is 11.3 Å². The van der Waals surface area contributed by atoms with Crippen molar-refractivity contribution in [2.75, 3.05) is 14.2 Å². The molecular weight excluding hydrogens is 396 g/mol. The van der Waals surface area contributed by atoms with Crippen LogP contribution in [-0.4, -0.2) is 18.8 Å². The van der Waals surface area contributed by atoms with E-state index in [1.165, 1.54) is 11.1 Å². The van der Waals surface area contributed by atoms with Gasteiger partial charge in [0.05, 0.1) is 38.4 Å². The summed E-state index contributed by atoms with van der Waals surface area (Å²) in [6.07, 6.45) is 1.69. The van der Waals surface area contributed by atoms with E-state index in [1.807, 2.05) is 30.3 Å². The Morgan fingerprint density at radius 1 is 0.967 bits per heavy atom. The molecule has 2 heterocycles. The van der Waals surface area contributed by atoms with Gasteiger partial charge in [-0.3, -0.25) is 0 Å². The van der Waals surface area contributed by atoms with Gasteiger partial charge >= 0.3 is 0 Å². The van der Waals surface area contributed by atoms with Crippen LogP contribution in [0.15, 0.2) is 69.6 Å². The summed E-state index contributed by atoms with van der Waals surface area (Å²) in [5.74, 6) is 2.23. The number of hydrogen-bond donors (Lipinski definition) is 0. The predicted octanol–water partition coefficient (Wildman–Crippen LogP) is 5.72. The molecule has 0 saturated heterocycles. The Balaban J connectivity index is 1.82. The molecule has 0 radical (unpaired) electrons. The zero-order valence-electron chi connectivity index (χ0n) is 17.5. The second-order valence-electron chi connectivity index (χ2n) is 7.11. The van der Waals surface area contributed by atoms with Crippen LogP contribution in [0.1, 0.15) is 16.7 Å². The second kappa shape index (κ2) is 8.63. The summed E-state index contributed by atoms with van der Waals surface area (Å²) >= 11 is 1.60. The Bertz CT molecular complexity index is 1200. The number of nitrogens with zero attached hydrogens (tertiary/aromatic N) is 2. The molecule has 0 aliphatic carbocycles. The van der Waals surface area contributed by atoms with Gasteiger partial charge in [0.1, 0.15) is 0 Å². The summed E-state index contributed by atoms with van der Waals surface area (Å²) in [7, 11) is 3.29. The summed E-state index contributed by atoms with van der Waals surface area (Å²) < 4.78 is 18.7. The number of aromatic nitrogens is 1. The van der Waals surface area contributed by atoms with Crippen molar-refractivity contribution < 1.29 is 13.9 Å². The van der Waals surface area contributed by atoms with Gasteiger partial charge in [-0.25, -0.2) is 4.99 Å². The first-order chi connectivity index (χ1) is 14.6. The van der Waals surface area contributed by atoms with Crippen LogP contribution in [-0.2, 0) is 6.54 Å². The Morgan fingerprint density at radius 3 is 2.40 bits per heavy atom. The Hall–Kier alpha value is -3.25. The van der Waals surface area contributed by atoms with Crippen molar-refractivity contribution in [2.24, 2.45) is 4.99 Å². The second-order valence-corrected chi connectivity index (χ2v) is 7.95. The molecule has 154 valence electrons. The summed E-state index contributed by atoms with van der Waals surface area (Å²) in [4.78, 5) is 5.85. The number of benzene rings is 2. The highest BCUT2D eigenvalue weighted by Crippen LogP contribution is 2.29. The van der Waals surface area contributed by atoms with E-state index in [1.54, 1.807) is 31.8 Å². The van der Waals surface area contributed by atoms with Crippen LogP contribution < -0.4 is 14.3 Å². The molecule has 0 aliphatic heterocycles. The Morgan fingerprint density at radius 2 is 1.73 bits per heavy atom. The highest BCUT2D eigenvalue weighted by molar-refractivity contribution is 7.07. The molecule has 4 rings (SSSR count). The number of thiazole rings is 1. The fourth-order valence-corrected chi connectivity index (χ4v) is 4.39. The van der Waals surface area contributed by atoms with Crippen LogP contribution in [0.4, 0.5) is 5.69 Å². The Kier molecular flexibility index (Phi) is 5.77. The molecular formula is C24H24N2O3S.